The standard InChI is InChI=1S/C9H23N2/c1-5-9-10-11(6-2,7-3)8-4/h10H,5-9H2,1-4H3/q+1. The molecule has 0 amide bonds. The van der Waals surface area contributed by atoms with Crippen molar-refractivity contribution < 1.29 is 4.59 Å². The quantitative estimate of drug-likeness (QED) is 0.460. The van der Waals surface area contributed by atoms with Gasteiger partial charge in [0.25, 0.3) is 0 Å². The minimum atomic E-state index is 1.06. The lowest BCUT2D eigenvalue weighted by atomic mass is 10.4. The van der Waals surface area contributed by atoms with Gasteiger partial charge >= 0.3 is 0 Å². The van der Waals surface area contributed by atoms with Crippen molar-refractivity contribution in [2.75, 3.05) is 26.2 Å². The van der Waals surface area contributed by atoms with Crippen molar-refractivity contribution in [3.8, 4) is 0 Å². The Labute approximate surface area is 71.1 Å². The summed E-state index contributed by atoms with van der Waals surface area (Å²) >= 11 is 0. The molecule has 0 spiro atoms. The Balaban J connectivity index is 3.84. The van der Waals surface area contributed by atoms with E-state index in [4.69, 9.17) is 0 Å². The lowest BCUT2D eigenvalue weighted by molar-refractivity contribution is -0.965. The molecule has 0 saturated carbocycles. The van der Waals surface area contributed by atoms with Crippen molar-refractivity contribution in [3.05, 3.63) is 0 Å². The molecule has 0 saturated heterocycles. The van der Waals surface area contributed by atoms with Gasteiger partial charge in [-0.3, -0.25) is 0 Å². The van der Waals surface area contributed by atoms with Crippen LogP contribution in [0.1, 0.15) is 34.1 Å². The van der Waals surface area contributed by atoms with E-state index in [0.717, 1.165) is 11.1 Å². The number of hydrogen-bond donors (Lipinski definition) is 1. The third-order valence-corrected chi connectivity index (χ3v) is 2.51. The van der Waals surface area contributed by atoms with Crippen LogP contribution in [0.15, 0.2) is 0 Å². The summed E-state index contributed by atoms with van der Waals surface area (Å²) in [5.74, 6) is 0. The van der Waals surface area contributed by atoms with Gasteiger partial charge in [0.15, 0.2) is 0 Å². The van der Waals surface area contributed by atoms with Crippen LogP contribution in [-0.4, -0.2) is 30.8 Å². The van der Waals surface area contributed by atoms with E-state index >= 15 is 0 Å². The maximum Gasteiger partial charge on any atom is 0.0933 e. The monoisotopic (exact) mass is 159 g/mol. The van der Waals surface area contributed by atoms with Crippen molar-refractivity contribution in [1.82, 2.24) is 5.43 Å². The van der Waals surface area contributed by atoms with Crippen LogP contribution in [0.4, 0.5) is 0 Å². The highest BCUT2D eigenvalue weighted by Crippen LogP contribution is 1.99. The second kappa shape index (κ2) is 5.56. The summed E-state index contributed by atoms with van der Waals surface area (Å²) < 4.78 is 1.06. The van der Waals surface area contributed by atoms with Crippen molar-refractivity contribution in [2.45, 2.75) is 34.1 Å². The zero-order valence-electron chi connectivity index (χ0n) is 8.48. The Morgan fingerprint density at radius 3 is 1.64 bits per heavy atom. The van der Waals surface area contributed by atoms with E-state index in [0.29, 0.717) is 0 Å². The Bertz CT molecular complexity index is 79.3. The first-order valence-electron chi connectivity index (χ1n) is 4.85. The minimum absolute atomic E-state index is 1.06. The van der Waals surface area contributed by atoms with Crippen LogP contribution in [0, 0.1) is 0 Å². The van der Waals surface area contributed by atoms with Gasteiger partial charge in [-0.05, 0) is 27.2 Å². The second-order valence-electron chi connectivity index (χ2n) is 3.00. The Kier molecular flexibility index (Phi) is 5.51. The number of rotatable bonds is 6. The van der Waals surface area contributed by atoms with E-state index in [1.54, 1.807) is 0 Å². The fraction of sp³-hybridized carbons (Fsp3) is 1.00. The maximum absolute atomic E-state index is 3.57. The Hall–Kier alpha value is -0.0800. The molecule has 0 aliphatic rings. The molecule has 1 N–H and O–H groups in total. The van der Waals surface area contributed by atoms with Gasteiger partial charge in [-0.2, -0.15) is 5.43 Å². The molecule has 0 aliphatic carbocycles. The summed E-state index contributed by atoms with van der Waals surface area (Å²) in [5, 5.41) is 0. The first-order valence-corrected chi connectivity index (χ1v) is 4.85. The van der Waals surface area contributed by atoms with Gasteiger partial charge in [0.2, 0.25) is 0 Å². The van der Waals surface area contributed by atoms with Crippen molar-refractivity contribution in [2.24, 2.45) is 0 Å². The first-order chi connectivity index (χ1) is 5.24. The molecule has 0 aromatic rings. The summed E-state index contributed by atoms with van der Waals surface area (Å²) in [6.07, 6.45) is 1.22. The topological polar surface area (TPSA) is 12.0 Å². The third-order valence-electron chi connectivity index (χ3n) is 2.51. The molecule has 0 atom stereocenters. The molecule has 0 rings (SSSR count). The van der Waals surface area contributed by atoms with Crippen LogP contribution in [0.5, 0.6) is 0 Å². The van der Waals surface area contributed by atoms with Crippen LogP contribution < -0.4 is 5.43 Å². The summed E-state index contributed by atoms with van der Waals surface area (Å²) in [6, 6.07) is 0. The maximum atomic E-state index is 3.57. The van der Waals surface area contributed by atoms with Gasteiger partial charge < -0.3 is 0 Å². The molecule has 0 aliphatic heterocycles. The summed E-state index contributed by atoms with van der Waals surface area (Å²) in [4.78, 5) is 0. The van der Waals surface area contributed by atoms with Crippen LogP contribution >= 0.6 is 0 Å². The summed E-state index contributed by atoms with van der Waals surface area (Å²) in [5.41, 5.74) is 3.57. The minimum Gasteiger partial charge on any atom is -0.246 e. The largest absolute Gasteiger partial charge is 0.246 e. The average molecular weight is 159 g/mol. The Morgan fingerprint density at radius 2 is 1.36 bits per heavy atom. The smallest absolute Gasteiger partial charge is 0.0933 e. The van der Waals surface area contributed by atoms with Gasteiger partial charge in [0.1, 0.15) is 0 Å². The number of nitrogens with one attached hydrogen (secondary N) is 1. The van der Waals surface area contributed by atoms with Gasteiger partial charge in [0, 0.05) is 6.54 Å². The summed E-state index contributed by atoms with van der Waals surface area (Å²) in [6.45, 7) is 13.6. The van der Waals surface area contributed by atoms with Crippen molar-refractivity contribution in [1.29, 1.82) is 0 Å². The normalized spacial score (nSPS) is 12.0. The first kappa shape index (κ1) is 10.9. The van der Waals surface area contributed by atoms with Crippen molar-refractivity contribution >= 4 is 0 Å². The molecular weight excluding hydrogens is 136 g/mol. The predicted octanol–water partition coefficient (Wildman–Crippen LogP) is 1.78. The molecule has 0 aromatic heterocycles. The summed E-state index contributed by atoms with van der Waals surface area (Å²) in [7, 11) is 0. The van der Waals surface area contributed by atoms with E-state index in [1.165, 1.54) is 26.1 Å². The molecule has 11 heavy (non-hydrogen) atoms. The van der Waals surface area contributed by atoms with E-state index in [9.17, 15) is 0 Å². The van der Waals surface area contributed by atoms with Gasteiger partial charge in [-0.15, -0.1) is 0 Å². The van der Waals surface area contributed by atoms with Gasteiger partial charge in [-0.1, -0.05) is 6.92 Å². The fourth-order valence-corrected chi connectivity index (χ4v) is 1.36. The van der Waals surface area contributed by atoms with Crippen LogP contribution in [0.25, 0.3) is 0 Å². The second-order valence-corrected chi connectivity index (χ2v) is 3.00. The molecule has 68 valence electrons. The Morgan fingerprint density at radius 1 is 0.909 bits per heavy atom. The predicted molar refractivity (Wildman–Crippen MR) is 50.2 cm³/mol. The molecule has 0 aromatic carbocycles. The lowest BCUT2D eigenvalue weighted by Gasteiger charge is -2.35. The zero-order chi connectivity index (χ0) is 8.74. The average Bonchev–Trinajstić information content (AvgIpc) is 2.08. The fourth-order valence-electron chi connectivity index (χ4n) is 1.36. The molecule has 2 nitrogen and oxygen atoms in total. The number of nitrogens with zero attached hydrogens (tertiary/aromatic N) is 1. The van der Waals surface area contributed by atoms with E-state index in [2.05, 4.69) is 33.1 Å². The molecular formula is C9H23N2+. The molecule has 2 heteroatoms. The molecule has 0 heterocycles. The zero-order valence-corrected chi connectivity index (χ0v) is 8.48. The number of hydrogen-bond acceptors (Lipinski definition) is 1. The van der Waals surface area contributed by atoms with E-state index in [1.807, 2.05) is 0 Å². The molecule has 0 bridgehead atoms. The van der Waals surface area contributed by atoms with E-state index < -0.39 is 0 Å². The molecule has 0 fully saturated rings. The van der Waals surface area contributed by atoms with Crippen LogP contribution in [0.3, 0.4) is 0 Å². The SMILES string of the molecule is CCCN[N+](CC)(CC)CC. The van der Waals surface area contributed by atoms with Crippen molar-refractivity contribution in [3.63, 3.8) is 0 Å². The van der Waals surface area contributed by atoms with Gasteiger partial charge in [0.05, 0.1) is 19.6 Å². The highest BCUT2D eigenvalue weighted by Gasteiger charge is 2.18. The molecule has 0 unspecified atom stereocenters. The third kappa shape index (κ3) is 3.21. The van der Waals surface area contributed by atoms with Crippen LogP contribution in [0.2, 0.25) is 0 Å². The molecule has 0 radical (unpaired) electrons. The lowest BCUT2D eigenvalue weighted by Crippen LogP contribution is -2.57. The van der Waals surface area contributed by atoms with Crippen LogP contribution in [-0.2, 0) is 0 Å². The van der Waals surface area contributed by atoms with E-state index in [-0.39, 0.29) is 0 Å². The highest BCUT2D eigenvalue weighted by atomic mass is 15.6. The highest BCUT2D eigenvalue weighted by molar-refractivity contribution is 4.33. The van der Waals surface area contributed by atoms with Gasteiger partial charge in [-0.25, -0.2) is 4.59 Å². The number of quaternary nitrogens is 1.